The Hall–Kier alpha value is -1.30. The third kappa shape index (κ3) is 4.12. The zero-order valence-corrected chi connectivity index (χ0v) is 13.9. The number of anilines is 1. The predicted molar refractivity (Wildman–Crippen MR) is 87.3 cm³/mol. The smallest absolute Gasteiger partial charge is 0.279 e. The van der Waals surface area contributed by atoms with Crippen molar-refractivity contribution in [1.29, 1.82) is 0 Å². The predicted octanol–water partition coefficient (Wildman–Crippen LogP) is 1.02. The second-order valence-electron chi connectivity index (χ2n) is 5.72. The lowest BCUT2D eigenvalue weighted by Gasteiger charge is -2.27. The van der Waals surface area contributed by atoms with Crippen LogP contribution in [0.5, 0.6) is 0 Å². The van der Waals surface area contributed by atoms with Gasteiger partial charge < -0.3 is 16.0 Å². The number of carbonyl (C=O) groups excluding carboxylic acids is 2. The Bertz CT molecular complexity index is 592. The molecule has 120 valence electrons. The SMILES string of the molecule is Cc1ccc(Cl)c(NC(=O)C[NH+]2CCC[C@H](C(N)=O)C2)c1Cl. The quantitative estimate of drug-likeness (QED) is 0.762. The molecule has 0 aromatic heterocycles. The highest BCUT2D eigenvalue weighted by molar-refractivity contribution is 6.40. The van der Waals surface area contributed by atoms with Crippen molar-refractivity contribution in [3.8, 4) is 0 Å². The normalized spacial score (nSPS) is 21.4. The highest BCUT2D eigenvalue weighted by Gasteiger charge is 2.28. The Kier molecular flexibility index (Phi) is 5.67. The molecule has 1 aromatic rings. The summed E-state index contributed by atoms with van der Waals surface area (Å²) < 4.78 is 0. The fraction of sp³-hybridized carbons (Fsp3) is 0.467. The molecule has 7 heteroatoms. The number of amides is 2. The highest BCUT2D eigenvalue weighted by Crippen LogP contribution is 2.32. The number of hydrogen-bond acceptors (Lipinski definition) is 2. The minimum Gasteiger partial charge on any atom is -0.369 e. The average molecular weight is 345 g/mol. The van der Waals surface area contributed by atoms with Crippen LogP contribution in [0.2, 0.25) is 10.0 Å². The van der Waals surface area contributed by atoms with Gasteiger partial charge >= 0.3 is 0 Å². The lowest BCUT2D eigenvalue weighted by molar-refractivity contribution is -0.899. The first-order valence-electron chi connectivity index (χ1n) is 7.25. The molecule has 2 atom stereocenters. The average Bonchev–Trinajstić information content (AvgIpc) is 2.48. The molecule has 0 saturated carbocycles. The number of nitrogens with two attached hydrogens (primary N) is 1. The number of likely N-dealkylation sites (tertiary alicyclic amines) is 1. The van der Waals surface area contributed by atoms with Gasteiger partial charge in [-0.3, -0.25) is 9.59 Å². The van der Waals surface area contributed by atoms with E-state index in [1.165, 1.54) is 0 Å². The summed E-state index contributed by atoms with van der Waals surface area (Å²) in [5, 5.41) is 3.63. The third-order valence-corrected chi connectivity index (χ3v) is 4.78. The molecule has 1 unspecified atom stereocenters. The lowest BCUT2D eigenvalue weighted by atomic mass is 9.97. The number of nitrogens with one attached hydrogen (secondary N) is 2. The van der Waals surface area contributed by atoms with Crippen LogP contribution in [-0.2, 0) is 9.59 Å². The van der Waals surface area contributed by atoms with E-state index in [1.54, 1.807) is 12.1 Å². The summed E-state index contributed by atoms with van der Waals surface area (Å²) >= 11 is 12.3. The van der Waals surface area contributed by atoms with Crippen molar-refractivity contribution in [3.63, 3.8) is 0 Å². The number of carbonyl (C=O) groups is 2. The summed E-state index contributed by atoms with van der Waals surface area (Å²) in [7, 11) is 0. The van der Waals surface area contributed by atoms with Gasteiger partial charge in [0, 0.05) is 0 Å². The molecule has 4 N–H and O–H groups in total. The summed E-state index contributed by atoms with van der Waals surface area (Å²) in [6, 6.07) is 3.50. The molecule has 0 spiro atoms. The maximum Gasteiger partial charge on any atom is 0.279 e. The van der Waals surface area contributed by atoms with Gasteiger partial charge in [-0.1, -0.05) is 29.3 Å². The van der Waals surface area contributed by atoms with E-state index in [2.05, 4.69) is 5.32 Å². The van der Waals surface area contributed by atoms with Crippen LogP contribution in [0.15, 0.2) is 12.1 Å². The molecule has 1 fully saturated rings. The Morgan fingerprint density at radius 3 is 2.82 bits per heavy atom. The number of primary amides is 1. The number of aryl methyl sites for hydroxylation is 1. The van der Waals surface area contributed by atoms with Crippen LogP contribution < -0.4 is 16.0 Å². The molecule has 0 aliphatic carbocycles. The van der Waals surface area contributed by atoms with E-state index in [1.807, 2.05) is 6.92 Å². The highest BCUT2D eigenvalue weighted by atomic mass is 35.5. The maximum absolute atomic E-state index is 12.2. The van der Waals surface area contributed by atoms with Crippen molar-refractivity contribution in [3.05, 3.63) is 27.7 Å². The molecule has 2 amide bonds. The van der Waals surface area contributed by atoms with E-state index in [0.29, 0.717) is 22.3 Å². The third-order valence-electron chi connectivity index (χ3n) is 3.98. The summed E-state index contributed by atoms with van der Waals surface area (Å²) in [5.41, 5.74) is 6.64. The van der Waals surface area contributed by atoms with Crippen molar-refractivity contribution >= 4 is 40.7 Å². The molecule has 0 radical (unpaired) electrons. The number of hydrogen-bond donors (Lipinski definition) is 3. The largest absolute Gasteiger partial charge is 0.369 e. The summed E-state index contributed by atoms with van der Waals surface area (Å²) in [6.07, 6.45) is 1.69. The van der Waals surface area contributed by atoms with Gasteiger partial charge in [0.2, 0.25) is 5.91 Å². The Labute approximate surface area is 139 Å². The molecule has 1 saturated heterocycles. The van der Waals surface area contributed by atoms with E-state index in [4.69, 9.17) is 28.9 Å². The molecule has 1 aliphatic heterocycles. The minimum atomic E-state index is -0.289. The molecular weight excluding hydrogens is 325 g/mol. The topological polar surface area (TPSA) is 76.6 Å². The Morgan fingerprint density at radius 2 is 2.14 bits per heavy atom. The summed E-state index contributed by atoms with van der Waals surface area (Å²) in [5.74, 6) is -0.611. The standard InChI is InChI=1S/C15H19Cl2N3O2/c1-9-4-5-11(16)14(13(9)17)19-12(21)8-20-6-2-3-10(7-20)15(18)22/h4-5,10H,2-3,6-8H2,1H3,(H2,18,22)(H,19,21)/p+1/t10-/m0/s1. The molecule has 1 aliphatic rings. The van der Waals surface area contributed by atoms with E-state index in [0.717, 1.165) is 29.8 Å². The first-order chi connectivity index (χ1) is 10.4. The number of piperidine rings is 1. The van der Waals surface area contributed by atoms with Gasteiger partial charge in [0.25, 0.3) is 5.91 Å². The van der Waals surface area contributed by atoms with Crippen LogP contribution in [-0.4, -0.2) is 31.4 Å². The first-order valence-corrected chi connectivity index (χ1v) is 8.01. The van der Waals surface area contributed by atoms with Crippen LogP contribution in [0.4, 0.5) is 5.69 Å². The second kappa shape index (κ2) is 7.31. The second-order valence-corrected chi connectivity index (χ2v) is 6.51. The number of quaternary nitrogens is 1. The van der Waals surface area contributed by atoms with Gasteiger partial charge in [-0.05, 0) is 31.4 Å². The molecule has 5 nitrogen and oxygen atoms in total. The number of rotatable bonds is 4. The van der Waals surface area contributed by atoms with E-state index < -0.39 is 0 Å². The fourth-order valence-corrected chi connectivity index (χ4v) is 3.20. The van der Waals surface area contributed by atoms with Crippen molar-refractivity contribution in [1.82, 2.24) is 0 Å². The molecule has 1 heterocycles. The van der Waals surface area contributed by atoms with E-state index in [9.17, 15) is 9.59 Å². The molecular formula is C15H20Cl2N3O2+. The monoisotopic (exact) mass is 344 g/mol. The number of halogens is 2. The Balaban J connectivity index is 1.99. The van der Waals surface area contributed by atoms with Crippen LogP contribution >= 0.6 is 23.2 Å². The van der Waals surface area contributed by atoms with E-state index >= 15 is 0 Å². The molecule has 0 bridgehead atoms. The molecule has 2 rings (SSSR count). The molecule has 22 heavy (non-hydrogen) atoms. The first kappa shape index (κ1) is 17.1. The zero-order valence-electron chi connectivity index (χ0n) is 12.4. The van der Waals surface area contributed by atoms with Gasteiger partial charge in [0.05, 0.1) is 34.7 Å². The van der Waals surface area contributed by atoms with E-state index in [-0.39, 0.29) is 24.3 Å². The van der Waals surface area contributed by atoms with Crippen LogP contribution in [0, 0.1) is 12.8 Å². The summed E-state index contributed by atoms with van der Waals surface area (Å²) in [4.78, 5) is 24.5. The van der Waals surface area contributed by atoms with Gasteiger partial charge in [-0.25, -0.2) is 0 Å². The fourth-order valence-electron chi connectivity index (χ4n) is 2.74. The zero-order chi connectivity index (χ0) is 16.3. The van der Waals surface area contributed by atoms with Crippen molar-refractivity contribution in [2.45, 2.75) is 19.8 Å². The van der Waals surface area contributed by atoms with Gasteiger partial charge in [0.15, 0.2) is 6.54 Å². The van der Waals surface area contributed by atoms with Crippen LogP contribution in [0.1, 0.15) is 18.4 Å². The van der Waals surface area contributed by atoms with Crippen molar-refractivity contribution < 1.29 is 14.5 Å². The number of benzene rings is 1. The van der Waals surface area contributed by atoms with Crippen molar-refractivity contribution in [2.75, 3.05) is 25.0 Å². The van der Waals surface area contributed by atoms with Gasteiger partial charge in [-0.15, -0.1) is 0 Å². The van der Waals surface area contributed by atoms with Gasteiger partial charge in [0.1, 0.15) is 0 Å². The van der Waals surface area contributed by atoms with Crippen molar-refractivity contribution in [2.24, 2.45) is 11.7 Å². The summed E-state index contributed by atoms with van der Waals surface area (Å²) in [6.45, 7) is 3.57. The Morgan fingerprint density at radius 1 is 1.41 bits per heavy atom. The molecule has 1 aromatic carbocycles. The lowest BCUT2D eigenvalue weighted by Crippen LogP contribution is -3.14. The van der Waals surface area contributed by atoms with Gasteiger partial charge in [-0.2, -0.15) is 0 Å². The van der Waals surface area contributed by atoms with Crippen LogP contribution in [0.3, 0.4) is 0 Å². The maximum atomic E-state index is 12.2. The van der Waals surface area contributed by atoms with Crippen LogP contribution in [0.25, 0.3) is 0 Å². The minimum absolute atomic E-state index is 0.150.